The summed E-state index contributed by atoms with van der Waals surface area (Å²) in [7, 11) is 2.23. The molecule has 1 heterocycles. The van der Waals surface area contributed by atoms with Gasteiger partial charge in [0, 0.05) is 27.9 Å². The molecule has 4 heteroatoms. The van der Waals surface area contributed by atoms with Gasteiger partial charge in [-0.15, -0.1) is 0 Å². The van der Waals surface area contributed by atoms with Crippen LogP contribution in [0.4, 0.5) is 5.69 Å². The third-order valence-corrected chi connectivity index (χ3v) is 6.69. The zero-order valence-corrected chi connectivity index (χ0v) is 17.6. The van der Waals surface area contributed by atoms with E-state index in [2.05, 4.69) is 84.0 Å². The van der Waals surface area contributed by atoms with Crippen LogP contribution >= 0.6 is 23.4 Å². The monoisotopic (exact) mass is 408 g/mol. The number of likely N-dealkylation sites (N-methyl/N-ethyl adjacent to an activating group) is 1. The van der Waals surface area contributed by atoms with Crippen molar-refractivity contribution in [1.29, 1.82) is 0 Å². The lowest BCUT2D eigenvalue weighted by molar-refractivity contribution is 0.348. The molecule has 1 fully saturated rings. The molecule has 1 aliphatic rings. The number of rotatable bonds is 5. The number of piperidine rings is 1. The zero-order chi connectivity index (χ0) is 19.3. The molecule has 1 N–H and O–H groups in total. The van der Waals surface area contributed by atoms with Crippen molar-refractivity contribution in [3.63, 3.8) is 0 Å². The van der Waals surface area contributed by atoms with Gasteiger partial charge in [0.05, 0.1) is 11.7 Å². The van der Waals surface area contributed by atoms with Crippen molar-refractivity contribution >= 4 is 29.1 Å². The van der Waals surface area contributed by atoms with Gasteiger partial charge in [-0.1, -0.05) is 65.8 Å². The second kappa shape index (κ2) is 9.04. The maximum absolute atomic E-state index is 6.05. The second-order valence-corrected chi connectivity index (χ2v) is 8.74. The van der Waals surface area contributed by atoms with Gasteiger partial charge in [-0.3, -0.25) is 0 Å². The lowest BCUT2D eigenvalue weighted by Crippen LogP contribution is -2.47. The van der Waals surface area contributed by atoms with Crippen LogP contribution in [0.1, 0.15) is 24.4 Å². The molecule has 0 aromatic heterocycles. The Morgan fingerprint density at radius 2 is 1.64 bits per heavy atom. The molecule has 0 spiro atoms. The average Bonchev–Trinajstić information content (AvgIpc) is 2.76. The van der Waals surface area contributed by atoms with Crippen molar-refractivity contribution in [2.24, 2.45) is 0 Å². The normalized spacial score (nSPS) is 19.4. The number of hydrogen-bond donors (Lipinski definition) is 1. The Balaban J connectivity index is 1.61. The lowest BCUT2D eigenvalue weighted by atomic mass is 9.91. The van der Waals surface area contributed by atoms with Crippen LogP contribution in [-0.2, 0) is 0 Å². The molecule has 0 aliphatic carbocycles. The fraction of sp³-hybridized carbons (Fsp3) is 0.250. The molecule has 2 nitrogen and oxygen atoms in total. The van der Waals surface area contributed by atoms with Crippen LogP contribution in [0, 0.1) is 0 Å². The Bertz CT molecular complexity index is 898. The van der Waals surface area contributed by atoms with Crippen LogP contribution in [0.5, 0.6) is 0 Å². The molecular weight excluding hydrogens is 384 g/mol. The predicted molar refractivity (Wildman–Crippen MR) is 121 cm³/mol. The number of nitrogens with zero attached hydrogens (tertiary/aromatic N) is 1. The summed E-state index contributed by atoms with van der Waals surface area (Å²) < 4.78 is 0. The van der Waals surface area contributed by atoms with Crippen LogP contribution in [0.2, 0.25) is 5.02 Å². The summed E-state index contributed by atoms with van der Waals surface area (Å²) in [6.45, 7) is 1.07. The summed E-state index contributed by atoms with van der Waals surface area (Å²) in [6, 6.07) is 28.3. The van der Waals surface area contributed by atoms with Crippen molar-refractivity contribution in [3.05, 3.63) is 89.4 Å². The number of hydrogen-bond acceptors (Lipinski definition) is 3. The highest BCUT2D eigenvalue weighted by molar-refractivity contribution is 7.99. The summed E-state index contributed by atoms with van der Waals surface area (Å²) in [6.07, 6.45) is 2.38. The highest BCUT2D eigenvalue weighted by Crippen LogP contribution is 2.38. The Labute approximate surface area is 176 Å². The molecule has 0 radical (unpaired) electrons. The number of nitrogens with one attached hydrogen (secondary N) is 1. The molecule has 3 aromatic carbocycles. The molecule has 28 heavy (non-hydrogen) atoms. The molecule has 0 amide bonds. The van der Waals surface area contributed by atoms with Crippen LogP contribution < -0.4 is 10.2 Å². The summed E-state index contributed by atoms with van der Waals surface area (Å²) in [5, 5.41) is 4.52. The van der Waals surface area contributed by atoms with Crippen LogP contribution in [0.3, 0.4) is 0 Å². The first-order valence-electron chi connectivity index (χ1n) is 9.76. The fourth-order valence-corrected chi connectivity index (χ4v) is 5.05. The largest absolute Gasteiger partial charge is 0.369 e. The van der Waals surface area contributed by atoms with Gasteiger partial charge in [-0.25, -0.2) is 0 Å². The highest BCUT2D eigenvalue weighted by Gasteiger charge is 2.30. The third kappa shape index (κ3) is 4.38. The van der Waals surface area contributed by atoms with Gasteiger partial charge >= 0.3 is 0 Å². The molecule has 0 saturated carbocycles. The molecule has 144 valence electrons. The van der Waals surface area contributed by atoms with Crippen LogP contribution in [-0.4, -0.2) is 19.6 Å². The van der Waals surface area contributed by atoms with E-state index in [4.69, 9.17) is 11.6 Å². The van der Waals surface area contributed by atoms with Gasteiger partial charge in [-0.05, 0) is 61.3 Å². The van der Waals surface area contributed by atoms with Crippen molar-refractivity contribution in [2.45, 2.75) is 34.7 Å². The molecule has 1 aliphatic heterocycles. The minimum Gasteiger partial charge on any atom is -0.369 e. The van der Waals surface area contributed by atoms with Crippen molar-refractivity contribution in [3.8, 4) is 0 Å². The first kappa shape index (κ1) is 19.4. The molecule has 2 atom stereocenters. The Morgan fingerprint density at radius 3 is 2.43 bits per heavy atom. The third-order valence-electron chi connectivity index (χ3n) is 5.37. The lowest BCUT2D eigenvalue weighted by Gasteiger charge is -2.40. The summed E-state index contributed by atoms with van der Waals surface area (Å²) in [4.78, 5) is 4.93. The van der Waals surface area contributed by atoms with Crippen molar-refractivity contribution in [1.82, 2.24) is 5.32 Å². The predicted octanol–water partition coefficient (Wildman–Crippen LogP) is 6.42. The van der Waals surface area contributed by atoms with Gasteiger partial charge in [0.15, 0.2) is 0 Å². The maximum Gasteiger partial charge on any atom is 0.0527 e. The fourth-order valence-electron chi connectivity index (χ4n) is 3.93. The van der Waals surface area contributed by atoms with Crippen molar-refractivity contribution < 1.29 is 0 Å². The van der Waals surface area contributed by atoms with Gasteiger partial charge in [0.1, 0.15) is 0 Å². The van der Waals surface area contributed by atoms with Crippen LogP contribution in [0.25, 0.3) is 0 Å². The smallest absolute Gasteiger partial charge is 0.0527 e. The SMILES string of the molecule is CN(c1ccccc1Sc1ccc(Cl)cc1)[C@@H]1CCCN[C@@H]1c1ccccc1. The molecular formula is C24H25ClN2S. The quantitative estimate of drug-likeness (QED) is 0.524. The molecule has 3 aromatic rings. The van der Waals surface area contributed by atoms with E-state index in [0.29, 0.717) is 12.1 Å². The molecule has 4 rings (SSSR count). The zero-order valence-electron chi connectivity index (χ0n) is 16.0. The molecule has 0 unspecified atom stereocenters. The minimum absolute atomic E-state index is 0.341. The summed E-state index contributed by atoms with van der Waals surface area (Å²) >= 11 is 7.84. The first-order chi connectivity index (χ1) is 13.7. The van der Waals surface area contributed by atoms with Gasteiger partial charge in [0.2, 0.25) is 0 Å². The van der Waals surface area contributed by atoms with E-state index >= 15 is 0 Å². The highest BCUT2D eigenvalue weighted by atomic mass is 35.5. The number of anilines is 1. The van der Waals surface area contributed by atoms with E-state index in [1.165, 1.54) is 33.9 Å². The van der Waals surface area contributed by atoms with E-state index in [1.807, 2.05) is 12.1 Å². The summed E-state index contributed by atoms with van der Waals surface area (Å²) in [5.74, 6) is 0. The van der Waals surface area contributed by atoms with E-state index in [0.717, 1.165) is 11.6 Å². The van der Waals surface area contributed by atoms with E-state index in [-0.39, 0.29) is 0 Å². The van der Waals surface area contributed by atoms with E-state index in [1.54, 1.807) is 11.8 Å². The van der Waals surface area contributed by atoms with E-state index < -0.39 is 0 Å². The first-order valence-corrected chi connectivity index (χ1v) is 11.0. The maximum atomic E-state index is 6.05. The van der Waals surface area contributed by atoms with Crippen molar-refractivity contribution in [2.75, 3.05) is 18.5 Å². The Morgan fingerprint density at radius 1 is 0.929 bits per heavy atom. The Hall–Kier alpha value is -1.94. The van der Waals surface area contributed by atoms with Gasteiger partial charge in [-0.2, -0.15) is 0 Å². The number of benzene rings is 3. The van der Waals surface area contributed by atoms with E-state index in [9.17, 15) is 0 Å². The second-order valence-electron chi connectivity index (χ2n) is 7.19. The average molecular weight is 409 g/mol. The standard InChI is InChI=1S/C24H25ClN2S/c1-27(22-11-7-17-26-24(22)18-8-3-2-4-9-18)21-10-5-6-12-23(21)28-20-15-13-19(25)14-16-20/h2-6,8-10,12-16,22,24,26H,7,11,17H2,1H3/t22-,24-/m1/s1. The van der Waals surface area contributed by atoms with Crippen LogP contribution in [0.15, 0.2) is 88.7 Å². The van der Waals surface area contributed by atoms with Gasteiger partial charge in [0.25, 0.3) is 0 Å². The molecule has 0 bridgehead atoms. The Kier molecular flexibility index (Phi) is 6.26. The number of halogens is 1. The molecule has 1 saturated heterocycles. The number of para-hydroxylation sites is 1. The van der Waals surface area contributed by atoms with Gasteiger partial charge < -0.3 is 10.2 Å². The minimum atomic E-state index is 0.341. The summed E-state index contributed by atoms with van der Waals surface area (Å²) in [5.41, 5.74) is 2.64. The topological polar surface area (TPSA) is 15.3 Å².